The normalized spacial score (nSPS) is 11.5. The van der Waals surface area contributed by atoms with Crippen LogP contribution in [0, 0.1) is 18.2 Å². The zero-order chi connectivity index (χ0) is 11.5. The van der Waals surface area contributed by atoms with E-state index in [4.69, 9.17) is 4.74 Å². The van der Waals surface area contributed by atoms with Crippen molar-refractivity contribution in [2.45, 2.75) is 20.8 Å². The van der Waals surface area contributed by atoms with Gasteiger partial charge in [0.2, 0.25) is 0 Å². The van der Waals surface area contributed by atoms with E-state index in [0.29, 0.717) is 23.7 Å². The summed E-state index contributed by atoms with van der Waals surface area (Å²) in [5.41, 5.74) is 0.565. The first kappa shape index (κ1) is 12.4. The Balaban J connectivity index is 2.70. The molecule has 3 heteroatoms. The van der Waals surface area contributed by atoms with Crippen molar-refractivity contribution in [2.24, 2.45) is 5.41 Å². The maximum absolute atomic E-state index is 13.5. The molecule has 0 aliphatic carbocycles. The molecule has 0 atom stereocenters. The highest BCUT2D eigenvalue weighted by Crippen LogP contribution is 2.23. The van der Waals surface area contributed by atoms with Crippen molar-refractivity contribution in [1.82, 2.24) is 0 Å². The summed E-state index contributed by atoms with van der Waals surface area (Å²) >= 11 is 4.22. The third-order valence-corrected chi connectivity index (χ3v) is 3.06. The predicted molar refractivity (Wildman–Crippen MR) is 64.3 cm³/mol. The number of benzene rings is 1. The molecule has 1 aromatic rings. The smallest absolute Gasteiger partial charge is 0.167 e. The van der Waals surface area contributed by atoms with Gasteiger partial charge in [0.15, 0.2) is 11.6 Å². The standard InChI is InChI=1S/C12H17FOS/c1-9-5-4-6-10(11(9)13)14-7-12(2,3)8-15/h4-6,15H,7-8H2,1-3H3. The van der Waals surface area contributed by atoms with Crippen LogP contribution in [0.1, 0.15) is 19.4 Å². The van der Waals surface area contributed by atoms with Crippen LogP contribution in [-0.2, 0) is 0 Å². The van der Waals surface area contributed by atoms with Crippen LogP contribution >= 0.6 is 12.6 Å². The minimum Gasteiger partial charge on any atom is -0.490 e. The summed E-state index contributed by atoms with van der Waals surface area (Å²) < 4.78 is 19.0. The summed E-state index contributed by atoms with van der Waals surface area (Å²) in [6.07, 6.45) is 0. The second-order valence-electron chi connectivity index (χ2n) is 4.50. The number of halogens is 1. The molecule has 0 spiro atoms. The zero-order valence-electron chi connectivity index (χ0n) is 9.38. The lowest BCUT2D eigenvalue weighted by atomic mass is 9.98. The van der Waals surface area contributed by atoms with E-state index in [9.17, 15) is 4.39 Å². The van der Waals surface area contributed by atoms with Crippen molar-refractivity contribution < 1.29 is 9.13 Å². The highest BCUT2D eigenvalue weighted by molar-refractivity contribution is 7.80. The quantitative estimate of drug-likeness (QED) is 0.776. The summed E-state index contributed by atoms with van der Waals surface area (Å²) in [6.45, 7) is 6.27. The van der Waals surface area contributed by atoms with E-state index >= 15 is 0 Å². The maximum Gasteiger partial charge on any atom is 0.167 e. The Hall–Kier alpha value is -0.700. The first-order valence-corrected chi connectivity index (χ1v) is 5.58. The number of rotatable bonds is 4. The van der Waals surface area contributed by atoms with E-state index in [1.165, 1.54) is 0 Å². The molecule has 15 heavy (non-hydrogen) atoms. The number of hydrogen-bond donors (Lipinski definition) is 1. The van der Waals surface area contributed by atoms with Gasteiger partial charge in [-0.25, -0.2) is 4.39 Å². The van der Waals surface area contributed by atoms with Crippen LogP contribution in [0.25, 0.3) is 0 Å². The number of aryl methyl sites for hydroxylation is 1. The molecule has 0 heterocycles. The van der Waals surface area contributed by atoms with E-state index in [2.05, 4.69) is 12.6 Å². The molecule has 1 rings (SSSR count). The Kier molecular flexibility index (Phi) is 4.03. The van der Waals surface area contributed by atoms with E-state index in [1.807, 2.05) is 13.8 Å². The number of thiol groups is 1. The molecule has 0 saturated carbocycles. The molecule has 0 aromatic heterocycles. The molecular weight excluding hydrogens is 211 g/mol. The van der Waals surface area contributed by atoms with Crippen LogP contribution in [0.2, 0.25) is 0 Å². The first-order valence-electron chi connectivity index (χ1n) is 4.95. The minimum absolute atomic E-state index is 0.0424. The monoisotopic (exact) mass is 228 g/mol. The Labute approximate surface area is 96.1 Å². The van der Waals surface area contributed by atoms with Gasteiger partial charge in [0.25, 0.3) is 0 Å². The van der Waals surface area contributed by atoms with Gasteiger partial charge in [-0.05, 0) is 24.3 Å². The Morgan fingerprint density at radius 1 is 1.40 bits per heavy atom. The number of ether oxygens (including phenoxy) is 1. The van der Waals surface area contributed by atoms with Crippen LogP contribution in [0.4, 0.5) is 4.39 Å². The average molecular weight is 228 g/mol. The molecule has 0 aliphatic rings. The van der Waals surface area contributed by atoms with Gasteiger partial charge in [-0.3, -0.25) is 0 Å². The third kappa shape index (κ3) is 3.42. The molecule has 0 aliphatic heterocycles. The lowest BCUT2D eigenvalue weighted by molar-refractivity contribution is 0.195. The third-order valence-electron chi connectivity index (χ3n) is 2.20. The highest BCUT2D eigenvalue weighted by Gasteiger charge is 2.17. The summed E-state index contributed by atoms with van der Waals surface area (Å²) in [4.78, 5) is 0. The minimum atomic E-state index is -0.271. The van der Waals surface area contributed by atoms with E-state index in [0.717, 1.165) is 0 Å². The van der Waals surface area contributed by atoms with E-state index in [1.54, 1.807) is 25.1 Å². The van der Waals surface area contributed by atoms with Gasteiger partial charge in [0, 0.05) is 5.41 Å². The summed E-state index contributed by atoms with van der Waals surface area (Å²) in [5.74, 6) is 0.762. The fourth-order valence-electron chi connectivity index (χ4n) is 1.05. The molecule has 1 aromatic carbocycles. The van der Waals surface area contributed by atoms with Crippen LogP contribution < -0.4 is 4.74 Å². The van der Waals surface area contributed by atoms with Crippen LogP contribution in [0.15, 0.2) is 18.2 Å². The molecule has 0 bridgehead atoms. The zero-order valence-corrected chi connectivity index (χ0v) is 10.3. The number of hydrogen-bond acceptors (Lipinski definition) is 2. The summed E-state index contributed by atoms with van der Waals surface area (Å²) in [6, 6.07) is 5.17. The van der Waals surface area contributed by atoms with Gasteiger partial charge >= 0.3 is 0 Å². The Morgan fingerprint density at radius 3 is 2.67 bits per heavy atom. The Bertz CT molecular complexity index is 336. The second-order valence-corrected chi connectivity index (χ2v) is 4.81. The van der Waals surface area contributed by atoms with Gasteiger partial charge in [-0.2, -0.15) is 12.6 Å². The van der Waals surface area contributed by atoms with Gasteiger partial charge < -0.3 is 4.74 Å². The fraction of sp³-hybridized carbons (Fsp3) is 0.500. The topological polar surface area (TPSA) is 9.23 Å². The van der Waals surface area contributed by atoms with Crippen molar-refractivity contribution in [3.8, 4) is 5.75 Å². The second kappa shape index (κ2) is 4.88. The van der Waals surface area contributed by atoms with Gasteiger partial charge in [0.1, 0.15) is 0 Å². The molecule has 84 valence electrons. The lowest BCUT2D eigenvalue weighted by Crippen LogP contribution is -2.23. The van der Waals surface area contributed by atoms with Gasteiger partial charge in [-0.15, -0.1) is 0 Å². The van der Waals surface area contributed by atoms with Crippen molar-refractivity contribution in [3.63, 3.8) is 0 Å². The largest absolute Gasteiger partial charge is 0.490 e. The molecule has 0 radical (unpaired) electrons. The molecule has 1 nitrogen and oxygen atoms in total. The fourth-order valence-corrected chi connectivity index (χ4v) is 1.14. The van der Waals surface area contributed by atoms with Crippen LogP contribution in [0.3, 0.4) is 0 Å². The predicted octanol–water partition coefficient (Wildman–Crippen LogP) is 3.47. The lowest BCUT2D eigenvalue weighted by Gasteiger charge is -2.22. The average Bonchev–Trinajstić information content (AvgIpc) is 2.20. The van der Waals surface area contributed by atoms with Gasteiger partial charge in [-0.1, -0.05) is 26.0 Å². The molecule has 0 unspecified atom stereocenters. The molecule has 0 fully saturated rings. The van der Waals surface area contributed by atoms with Crippen molar-refractivity contribution >= 4 is 12.6 Å². The molecule has 0 amide bonds. The summed E-state index contributed by atoms with van der Waals surface area (Å²) in [7, 11) is 0. The molecule has 0 N–H and O–H groups in total. The first-order chi connectivity index (χ1) is 6.96. The maximum atomic E-state index is 13.5. The van der Waals surface area contributed by atoms with Gasteiger partial charge in [0.05, 0.1) is 6.61 Å². The highest BCUT2D eigenvalue weighted by atomic mass is 32.1. The Morgan fingerprint density at radius 2 is 2.07 bits per heavy atom. The van der Waals surface area contributed by atoms with Crippen molar-refractivity contribution in [3.05, 3.63) is 29.6 Å². The SMILES string of the molecule is Cc1cccc(OCC(C)(C)CS)c1F. The van der Waals surface area contributed by atoms with E-state index in [-0.39, 0.29) is 11.2 Å². The van der Waals surface area contributed by atoms with Crippen LogP contribution in [0.5, 0.6) is 5.75 Å². The summed E-state index contributed by atoms with van der Waals surface area (Å²) in [5, 5.41) is 0. The van der Waals surface area contributed by atoms with Crippen LogP contribution in [-0.4, -0.2) is 12.4 Å². The van der Waals surface area contributed by atoms with E-state index < -0.39 is 0 Å². The van der Waals surface area contributed by atoms with Crippen molar-refractivity contribution in [2.75, 3.05) is 12.4 Å². The molecule has 0 saturated heterocycles. The molecular formula is C12H17FOS. The van der Waals surface area contributed by atoms with Crippen molar-refractivity contribution in [1.29, 1.82) is 0 Å².